The fraction of sp³-hybridized carbons (Fsp3) is 0.720. The summed E-state index contributed by atoms with van der Waals surface area (Å²) in [6.45, 7) is 4.91. The molecule has 0 saturated heterocycles. The van der Waals surface area contributed by atoms with Gasteiger partial charge in [-0.25, -0.2) is 4.98 Å². The molecule has 1 aromatic heterocycles. The number of anilines is 1. The summed E-state index contributed by atoms with van der Waals surface area (Å²) >= 11 is 0. The minimum absolute atomic E-state index is 0.0334. The van der Waals surface area contributed by atoms with E-state index in [1.54, 1.807) is 6.07 Å². The summed E-state index contributed by atoms with van der Waals surface area (Å²) in [7, 11) is 0. The Morgan fingerprint density at radius 3 is 2.32 bits per heavy atom. The van der Waals surface area contributed by atoms with Gasteiger partial charge < -0.3 is 16.4 Å². The molecule has 1 unspecified atom stereocenters. The van der Waals surface area contributed by atoms with E-state index in [9.17, 15) is 9.59 Å². The van der Waals surface area contributed by atoms with E-state index < -0.39 is 6.04 Å². The number of carbonyl (C=O) groups excluding carboxylic acids is 2. The zero-order valence-corrected chi connectivity index (χ0v) is 19.5. The van der Waals surface area contributed by atoms with Crippen molar-refractivity contribution in [2.75, 3.05) is 11.9 Å². The van der Waals surface area contributed by atoms with Crippen LogP contribution in [-0.2, 0) is 9.59 Å². The van der Waals surface area contributed by atoms with Gasteiger partial charge >= 0.3 is 0 Å². The number of hydrogen-bond acceptors (Lipinski definition) is 4. The number of aromatic nitrogens is 1. The van der Waals surface area contributed by atoms with Gasteiger partial charge in [-0.3, -0.25) is 9.59 Å². The molecule has 0 radical (unpaired) electrons. The molecule has 0 bridgehead atoms. The van der Waals surface area contributed by atoms with Crippen molar-refractivity contribution in [1.29, 1.82) is 0 Å². The highest BCUT2D eigenvalue weighted by Crippen LogP contribution is 2.28. The summed E-state index contributed by atoms with van der Waals surface area (Å²) in [5.74, 6) is 1.13. The predicted molar refractivity (Wildman–Crippen MR) is 127 cm³/mol. The van der Waals surface area contributed by atoms with E-state index >= 15 is 0 Å². The van der Waals surface area contributed by atoms with Crippen LogP contribution in [0.2, 0.25) is 0 Å². The van der Waals surface area contributed by atoms with E-state index in [4.69, 9.17) is 5.73 Å². The quantitative estimate of drug-likeness (QED) is 0.394. The van der Waals surface area contributed by atoms with Crippen LogP contribution < -0.4 is 16.4 Å². The lowest BCUT2D eigenvalue weighted by atomic mass is 9.82. The summed E-state index contributed by atoms with van der Waals surface area (Å²) in [4.78, 5) is 30.2. The van der Waals surface area contributed by atoms with Gasteiger partial charge in [-0.15, -0.1) is 0 Å². The smallest absolute Gasteiger partial charge is 0.248 e. The molecule has 31 heavy (non-hydrogen) atoms. The van der Waals surface area contributed by atoms with Crippen LogP contribution in [0.15, 0.2) is 18.2 Å². The average Bonchev–Trinajstić information content (AvgIpc) is 2.75. The Hall–Kier alpha value is -1.95. The van der Waals surface area contributed by atoms with E-state index in [0.29, 0.717) is 18.2 Å². The number of aryl methyl sites for hydroxylation is 1. The van der Waals surface area contributed by atoms with Crippen molar-refractivity contribution in [3.63, 3.8) is 0 Å². The Morgan fingerprint density at radius 2 is 1.68 bits per heavy atom. The maximum atomic E-state index is 13.0. The van der Waals surface area contributed by atoms with Crippen LogP contribution >= 0.6 is 0 Å². The molecule has 1 atom stereocenters. The zero-order chi connectivity index (χ0) is 22.5. The van der Waals surface area contributed by atoms with Crippen molar-refractivity contribution in [3.05, 3.63) is 23.9 Å². The third-order valence-electron chi connectivity index (χ3n) is 6.36. The maximum absolute atomic E-state index is 13.0. The first-order valence-corrected chi connectivity index (χ1v) is 12.2. The van der Waals surface area contributed by atoms with Gasteiger partial charge in [-0.1, -0.05) is 51.5 Å². The molecule has 0 spiro atoms. The standard InChI is InChI=1S/C25H42N4O2/c1-19-14-16-21(17-15-19)24(30)28-22(12-8-6-4-3-5-7-9-18-26)25(31)29-23-13-10-11-20(2)27-23/h10-11,13,19,21-22H,3-9,12,14-18,26H2,1-2H3,(H,28,30)(H,27,29,31). The lowest BCUT2D eigenvalue weighted by Crippen LogP contribution is -2.46. The number of carbonyl (C=O) groups is 2. The highest BCUT2D eigenvalue weighted by Gasteiger charge is 2.28. The molecule has 6 nitrogen and oxygen atoms in total. The van der Waals surface area contributed by atoms with Gasteiger partial charge in [0, 0.05) is 11.6 Å². The molecular formula is C25H42N4O2. The number of nitrogens with two attached hydrogens (primary N) is 1. The summed E-state index contributed by atoms with van der Waals surface area (Å²) in [5, 5.41) is 5.96. The van der Waals surface area contributed by atoms with E-state index in [1.165, 1.54) is 19.3 Å². The minimum atomic E-state index is -0.508. The SMILES string of the molecule is Cc1cccc(NC(=O)C(CCCCCCCCCN)NC(=O)C2CCC(C)CC2)n1. The Labute approximate surface area is 188 Å². The van der Waals surface area contributed by atoms with Gasteiger partial charge in [0.2, 0.25) is 11.8 Å². The summed E-state index contributed by atoms with van der Waals surface area (Å²) in [5.41, 5.74) is 6.39. The van der Waals surface area contributed by atoms with Gasteiger partial charge in [0.05, 0.1) is 0 Å². The maximum Gasteiger partial charge on any atom is 0.248 e. The zero-order valence-electron chi connectivity index (χ0n) is 19.5. The number of unbranched alkanes of at least 4 members (excludes halogenated alkanes) is 6. The fourth-order valence-electron chi connectivity index (χ4n) is 4.28. The molecule has 2 rings (SSSR count). The molecular weight excluding hydrogens is 388 g/mol. The molecule has 6 heteroatoms. The van der Waals surface area contributed by atoms with Crippen LogP contribution in [0.4, 0.5) is 5.82 Å². The van der Waals surface area contributed by atoms with Crippen molar-refractivity contribution < 1.29 is 9.59 Å². The van der Waals surface area contributed by atoms with Crippen LogP contribution in [0.1, 0.15) is 89.7 Å². The molecule has 1 saturated carbocycles. The lowest BCUT2D eigenvalue weighted by molar-refractivity contribution is -0.130. The number of pyridine rings is 1. The van der Waals surface area contributed by atoms with Crippen molar-refractivity contribution in [2.45, 2.75) is 96.9 Å². The van der Waals surface area contributed by atoms with Gasteiger partial charge in [0.1, 0.15) is 11.9 Å². The second kappa shape index (κ2) is 14.2. The number of amides is 2. The lowest BCUT2D eigenvalue weighted by Gasteiger charge is -2.27. The molecule has 1 aliphatic carbocycles. The minimum Gasteiger partial charge on any atom is -0.344 e. The molecule has 1 heterocycles. The van der Waals surface area contributed by atoms with Crippen LogP contribution in [0.3, 0.4) is 0 Å². The highest BCUT2D eigenvalue weighted by atomic mass is 16.2. The first-order valence-electron chi connectivity index (χ1n) is 12.2. The molecule has 174 valence electrons. The Balaban J connectivity index is 1.86. The van der Waals surface area contributed by atoms with Crippen molar-refractivity contribution in [2.24, 2.45) is 17.6 Å². The largest absolute Gasteiger partial charge is 0.344 e. The monoisotopic (exact) mass is 430 g/mol. The van der Waals surface area contributed by atoms with E-state index in [2.05, 4.69) is 22.5 Å². The Kier molecular flexibility index (Phi) is 11.6. The first kappa shape index (κ1) is 25.3. The van der Waals surface area contributed by atoms with Crippen LogP contribution in [0.5, 0.6) is 0 Å². The van der Waals surface area contributed by atoms with Gasteiger partial charge in [-0.05, 0) is 70.0 Å². The molecule has 0 aliphatic heterocycles. The first-order chi connectivity index (χ1) is 15.0. The van der Waals surface area contributed by atoms with Crippen LogP contribution in [-0.4, -0.2) is 29.4 Å². The second-order valence-corrected chi connectivity index (χ2v) is 9.22. The third kappa shape index (κ3) is 9.81. The normalized spacial score (nSPS) is 19.6. The molecule has 1 aromatic rings. The van der Waals surface area contributed by atoms with Crippen LogP contribution in [0, 0.1) is 18.8 Å². The molecule has 0 aromatic carbocycles. The highest BCUT2D eigenvalue weighted by molar-refractivity contribution is 5.96. The van der Waals surface area contributed by atoms with E-state index in [0.717, 1.165) is 63.6 Å². The van der Waals surface area contributed by atoms with Gasteiger partial charge in [0.15, 0.2) is 0 Å². The number of rotatable bonds is 13. The number of nitrogens with one attached hydrogen (secondary N) is 2. The predicted octanol–water partition coefficient (Wildman–Crippen LogP) is 4.72. The molecule has 2 amide bonds. The van der Waals surface area contributed by atoms with Crippen molar-refractivity contribution >= 4 is 17.6 Å². The van der Waals surface area contributed by atoms with Gasteiger partial charge in [0.25, 0.3) is 0 Å². The second-order valence-electron chi connectivity index (χ2n) is 9.22. The van der Waals surface area contributed by atoms with Crippen molar-refractivity contribution in [1.82, 2.24) is 10.3 Å². The fourth-order valence-corrected chi connectivity index (χ4v) is 4.28. The topological polar surface area (TPSA) is 97.1 Å². The third-order valence-corrected chi connectivity index (χ3v) is 6.36. The van der Waals surface area contributed by atoms with Crippen LogP contribution in [0.25, 0.3) is 0 Å². The number of nitrogens with zero attached hydrogens (tertiary/aromatic N) is 1. The van der Waals surface area contributed by atoms with E-state index in [1.807, 2.05) is 19.1 Å². The Morgan fingerprint density at radius 1 is 1.03 bits per heavy atom. The van der Waals surface area contributed by atoms with Crippen molar-refractivity contribution in [3.8, 4) is 0 Å². The summed E-state index contributed by atoms with van der Waals surface area (Å²) in [6, 6.07) is 5.05. The molecule has 4 N–H and O–H groups in total. The molecule has 1 aliphatic rings. The van der Waals surface area contributed by atoms with E-state index in [-0.39, 0.29) is 17.7 Å². The molecule has 1 fully saturated rings. The summed E-state index contributed by atoms with van der Waals surface area (Å²) < 4.78 is 0. The average molecular weight is 431 g/mol. The number of hydrogen-bond donors (Lipinski definition) is 3. The summed E-state index contributed by atoms with van der Waals surface area (Å²) in [6.07, 6.45) is 12.6. The van der Waals surface area contributed by atoms with Gasteiger partial charge in [-0.2, -0.15) is 0 Å². The Bertz CT molecular complexity index is 671.